The van der Waals surface area contributed by atoms with E-state index in [1.54, 1.807) is 0 Å². The minimum absolute atomic E-state index is 0.0259. The Hall–Kier alpha value is -3.08. The second kappa shape index (κ2) is 6.19. The van der Waals surface area contributed by atoms with Crippen LogP contribution in [-0.2, 0) is 4.79 Å². The summed E-state index contributed by atoms with van der Waals surface area (Å²) in [6.45, 7) is -0.692. The molecule has 0 aliphatic rings. The molecule has 0 unspecified atom stereocenters. The summed E-state index contributed by atoms with van der Waals surface area (Å²) in [5.41, 5.74) is 4.71. The molecule has 0 atom stereocenters. The van der Waals surface area contributed by atoms with E-state index in [9.17, 15) is 19.7 Å². The van der Waals surface area contributed by atoms with E-state index in [1.807, 2.05) is 0 Å². The third-order valence-corrected chi connectivity index (χ3v) is 2.41. The van der Waals surface area contributed by atoms with Crippen LogP contribution in [0.3, 0.4) is 0 Å². The number of carbonyl (C=O) groups excluding carboxylic acids is 1. The van der Waals surface area contributed by atoms with Crippen LogP contribution in [0.1, 0.15) is 10.4 Å². The molecule has 1 rings (SSSR count). The van der Waals surface area contributed by atoms with E-state index >= 15 is 0 Å². The van der Waals surface area contributed by atoms with Crippen molar-refractivity contribution < 1.29 is 19.6 Å². The van der Waals surface area contributed by atoms with Gasteiger partial charge >= 0.3 is 5.97 Å². The molecule has 0 aliphatic heterocycles. The summed E-state index contributed by atoms with van der Waals surface area (Å²) in [4.78, 5) is 33.3. The molecule has 3 N–H and O–H groups in total. The Bertz CT molecular complexity index is 606. The first-order valence-corrected chi connectivity index (χ1v) is 5.35. The lowest BCUT2D eigenvalue weighted by molar-refractivity contribution is -0.384. The maximum Gasteiger partial charge on any atom is 0.323 e. The molecular weight excluding hydrogens is 266 g/mol. The number of carbonyl (C=O) groups is 2. The maximum atomic E-state index is 11.1. The summed E-state index contributed by atoms with van der Waals surface area (Å²) < 4.78 is 0. The van der Waals surface area contributed by atoms with Crippen LogP contribution in [-0.4, -0.2) is 35.0 Å². The average Bonchev–Trinajstić information content (AvgIpc) is 2.36. The smallest absolute Gasteiger partial charge is 0.323 e. The summed E-state index contributed by atoms with van der Waals surface area (Å²) in [6.07, 6.45) is 5.12. The van der Waals surface area contributed by atoms with Gasteiger partial charge in [0.25, 0.3) is 5.69 Å². The highest BCUT2D eigenvalue weighted by atomic mass is 16.6. The van der Waals surface area contributed by atoms with Gasteiger partial charge < -0.3 is 15.7 Å². The van der Waals surface area contributed by atoms with Gasteiger partial charge in [0, 0.05) is 11.6 Å². The van der Waals surface area contributed by atoms with Crippen molar-refractivity contribution in [1.29, 1.82) is 0 Å². The number of aliphatic carboxylic acids is 1. The van der Waals surface area contributed by atoms with Crippen molar-refractivity contribution in [2.75, 3.05) is 18.0 Å². The van der Waals surface area contributed by atoms with E-state index in [1.165, 1.54) is 6.07 Å². The van der Waals surface area contributed by atoms with Crippen LogP contribution >= 0.6 is 0 Å². The molecule has 8 nitrogen and oxygen atoms in total. The highest BCUT2D eigenvalue weighted by Crippen LogP contribution is 2.29. The summed E-state index contributed by atoms with van der Waals surface area (Å²) in [7, 11) is 0. The van der Waals surface area contributed by atoms with Gasteiger partial charge in [-0.2, -0.15) is 0 Å². The number of carboxylic acids is 1. The monoisotopic (exact) mass is 277 g/mol. The normalized spacial score (nSPS) is 9.55. The van der Waals surface area contributed by atoms with Crippen molar-refractivity contribution in [1.82, 2.24) is 0 Å². The Balaban J connectivity index is 3.38. The fourth-order valence-corrected chi connectivity index (χ4v) is 1.58. The Morgan fingerprint density at radius 1 is 1.50 bits per heavy atom. The molecular formula is C12H11N3O5. The number of nitro benzene ring substituents is 1. The minimum atomic E-state index is -1.21. The van der Waals surface area contributed by atoms with Gasteiger partial charge in [-0.05, 0) is 12.1 Å². The lowest BCUT2D eigenvalue weighted by Gasteiger charge is -2.20. The molecule has 0 fully saturated rings. The first kappa shape index (κ1) is 15.0. The second-order valence-electron chi connectivity index (χ2n) is 3.78. The SMILES string of the molecule is C#CCN(CC(=O)O)c1cc(C(N)=O)ccc1[N+](=O)[O-]. The quantitative estimate of drug-likeness (QED) is 0.435. The average molecular weight is 277 g/mol. The predicted molar refractivity (Wildman–Crippen MR) is 70.3 cm³/mol. The van der Waals surface area contributed by atoms with Crippen LogP contribution in [0.15, 0.2) is 18.2 Å². The van der Waals surface area contributed by atoms with E-state index < -0.39 is 23.3 Å². The lowest BCUT2D eigenvalue weighted by atomic mass is 10.1. The zero-order valence-electron chi connectivity index (χ0n) is 10.3. The van der Waals surface area contributed by atoms with E-state index in [0.717, 1.165) is 17.0 Å². The van der Waals surface area contributed by atoms with E-state index in [0.29, 0.717) is 0 Å². The third-order valence-electron chi connectivity index (χ3n) is 2.41. The summed E-state index contributed by atoms with van der Waals surface area (Å²) in [6, 6.07) is 3.43. The number of carboxylic acid groups (broad SMARTS) is 1. The highest BCUT2D eigenvalue weighted by Gasteiger charge is 2.22. The van der Waals surface area contributed by atoms with Gasteiger partial charge in [-0.15, -0.1) is 6.42 Å². The van der Waals surface area contributed by atoms with Crippen molar-refractivity contribution in [2.45, 2.75) is 0 Å². The topological polar surface area (TPSA) is 127 Å². The van der Waals surface area contributed by atoms with Gasteiger partial charge in [0.2, 0.25) is 5.91 Å². The largest absolute Gasteiger partial charge is 0.480 e. The standard InChI is InChI=1S/C12H11N3O5/c1-2-5-14(7-11(16)17)10-6-8(12(13)18)3-4-9(10)15(19)20/h1,3-4,6H,5,7H2,(H2,13,18)(H,16,17). The van der Waals surface area contributed by atoms with Crippen LogP contribution in [0.2, 0.25) is 0 Å². The van der Waals surface area contributed by atoms with Crippen LogP contribution < -0.4 is 10.6 Å². The van der Waals surface area contributed by atoms with Crippen LogP contribution in [0, 0.1) is 22.5 Å². The number of benzene rings is 1. The van der Waals surface area contributed by atoms with Crippen molar-refractivity contribution in [3.05, 3.63) is 33.9 Å². The zero-order chi connectivity index (χ0) is 15.3. The van der Waals surface area contributed by atoms with Gasteiger partial charge in [-0.3, -0.25) is 19.7 Å². The molecule has 0 aromatic heterocycles. The number of nitrogens with zero attached hydrogens (tertiary/aromatic N) is 2. The summed E-state index contributed by atoms with van der Waals surface area (Å²) in [5, 5.41) is 19.8. The van der Waals surface area contributed by atoms with Crippen LogP contribution in [0.4, 0.5) is 11.4 Å². The fourth-order valence-electron chi connectivity index (χ4n) is 1.58. The van der Waals surface area contributed by atoms with Crippen LogP contribution in [0.5, 0.6) is 0 Å². The molecule has 0 saturated carbocycles. The summed E-state index contributed by atoms with van der Waals surface area (Å²) in [5.74, 6) is 0.221. The first-order chi connectivity index (χ1) is 9.36. The Labute approximate surface area is 113 Å². The fraction of sp³-hybridized carbons (Fsp3) is 0.167. The molecule has 8 heteroatoms. The highest BCUT2D eigenvalue weighted by molar-refractivity contribution is 5.95. The third kappa shape index (κ3) is 3.46. The molecule has 0 radical (unpaired) electrons. The van der Waals surface area contributed by atoms with E-state index in [2.05, 4.69) is 5.92 Å². The Morgan fingerprint density at radius 3 is 2.60 bits per heavy atom. The van der Waals surface area contributed by atoms with Crippen LogP contribution in [0.25, 0.3) is 0 Å². The molecule has 0 aliphatic carbocycles. The Kier molecular flexibility index (Phi) is 4.64. The summed E-state index contributed by atoms with van der Waals surface area (Å²) >= 11 is 0. The number of amides is 1. The molecule has 0 spiro atoms. The Morgan fingerprint density at radius 2 is 2.15 bits per heavy atom. The van der Waals surface area contributed by atoms with Gasteiger partial charge in [-0.25, -0.2) is 0 Å². The molecule has 1 amide bonds. The van der Waals surface area contributed by atoms with Crippen molar-refractivity contribution in [3.63, 3.8) is 0 Å². The molecule has 1 aromatic carbocycles. The number of primary amides is 1. The molecule has 1 aromatic rings. The maximum absolute atomic E-state index is 11.1. The van der Waals surface area contributed by atoms with Crippen molar-refractivity contribution >= 4 is 23.3 Å². The molecule has 0 bridgehead atoms. The molecule has 104 valence electrons. The van der Waals surface area contributed by atoms with Gasteiger partial charge in [0.05, 0.1) is 11.5 Å². The number of hydrogen-bond acceptors (Lipinski definition) is 5. The zero-order valence-corrected chi connectivity index (χ0v) is 10.3. The predicted octanol–water partition coefficient (Wildman–Crippen LogP) is 0.218. The number of terminal acetylenes is 1. The number of rotatable bonds is 6. The number of anilines is 1. The van der Waals surface area contributed by atoms with Crippen molar-refractivity contribution in [2.24, 2.45) is 5.73 Å². The van der Waals surface area contributed by atoms with Gasteiger partial charge in [-0.1, -0.05) is 5.92 Å². The molecule has 0 saturated heterocycles. The van der Waals surface area contributed by atoms with Gasteiger partial charge in [0.1, 0.15) is 12.2 Å². The lowest BCUT2D eigenvalue weighted by Crippen LogP contribution is -2.31. The molecule has 20 heavy (non-hydrogen) atoms. The number of nitro groups is 1. The van der Waals surface area contributed by atoms with Gasteiger partial charge in [0.15, 0.2) is 0 Å². The minimum Gasteiger partial charge on any atom is -0.480 e. The number of hydrogen-bond donors (Lipinski definition) is 2. The number of nitrogens with two attached hydrogens (primary N) is 1. The first-order valence-electron chi connectivity index (χ1n) is 5.35. The molecule has 0 heterocycles. The van der Waals surface area contributed by atoms with E-state index in [-0.39, 0.29) is 23.5 Å². The second-order valence-corrected chi connectivity index (χ2v) is 3.78. The van der Waals surface area contributed by atoms with Crippen molar-refractivity contribution in [3.8, 4) is 12.3 Å². The van der Waals surface area contributed by atoms with E-state index in [4.69, 9.17) is 17.3 Å².